The largest absolute Gasteiger partial charge is 0.252 e. The van der Waals surface area contributed by atoms with E-state index in [1.54, 1.807) is 6.07 Å². The number of benzene rings is 1. The van der Waals surface area contributed by atoms with E-state index in [-0.39, 0.29) is 5.82 Å². The number of nitrogens with zero attached hydrogens (tertiary/aromatic N) is 1. The van der Waals surface area contributed by atoms with Gasteiger partial charge in [0.1, 0.15) is 5.52 Å². The first kappa shape index (κ1) is 10.3. The van der Waals surface area contributed by atoms with E-state index in [1.165, 1.54) is 12.3 Å². The first-order valence-corrected chi connectivity index (χ1v) is 5.65. The van der Waals surface area contributed by atoms with Crippen LogP contribution in [0.2, 0.25) is 5.02 Å². The molecular weight excluding hydrogens is 336 g/mol. The summed E-state index contributed by atoms with van der Waals surface area (Å²) in [6, 6.07) is 3.14. The summed E-state index contributed by atoms with van der Waals surface area (Å²) in [7, 11) is 0. The summed E-state index contributed by atoms with van der Waals surface area (Å²) in [5.74, 6) is -0.369. The quantitative estimate of drug-likeness (QED) is 0.686. The van der Waals surface area contributed by atoms with Crippen LogP contribution in [0, 0.1) is 5.82 Å². The Morgan fingerprint density at radius 2 is 2.00 bits per heavy atom. The van der Waals surface area contributed by atoms with Gasteiger partial charge in [-0.3, -0.25) is 4.98 Å². The van der Waals surface area contributed by atoms with Crippen LogP contribution in [0.3, 0.4) is 0 Å². The van der Waals surface area contributed by atoms with Crippen molar-refractivity contribution < 1.29 is 4.39 Å². The maximum absolute atomic E-state index is 13.4. The zero-order chi connectivity index (χ0) is 10.3. The van der Waals surface area contributed by atoms with Crippen molar-refractivity contribution in [2.24, 2.45) is 0 Å². The topological polar surface area (TPSA) is 12.9 Å². The third kappa shape index (κ3) is 1.66. The van der Waals surface area contributed by atoms with E-state index in [0.717, 1.165) is 0 Å². The van der Waals surface area contributed by atoms with Gasteiger partial charge in [0.25, 0.3) is 0 Å². The summed E-state index contributed by atoms with van der Waals surface area (Å²) in [5.41, 5.74) is 0.310. The second kappa shape index (κ2) is 3.76. The van der Waals surface area contributed by atoms with Crippen molar-refractivity contribution in [1.29, 1.82) is 0 Å². The van der Waals surface area contributed by atoms with E-state index >= 15 is 0 Å². The first-order chi connectivity index (χ1) is 6.59. The third-order valence-corrected chi connectivity index (χ3v) is 3.61. The van der Waals surface area contributed by atoms with Gasteiger partial charge in [-0.1, -0.05) is 27.5 Å². The smallest absolute Gasteiger partial charge is 0.150 e. The monoisotopic (exact) mass is 337 g/mol. The van der Waals surface area contributed by atoms with E-state index in [0.29, 0.717) is 24.9 Å². The van der Waals surface area contributed by atoms with Crippen LogP contribution in [-0.4, -0.2) is 4.98 Å². The molecule has 0 fully saturated rings. The SMILES string of the molecule is Fc1cc(Br)cc2c(Br)c(Cl)cnc12. The number of pyridine rings is 1. The molecule has 2 rings (SSSR count). The van der Waals surface area contributed by atoms with E-state index in [2.05, 4.69) is 36.8 Å². The normalized spacial score (nSPS) is 10.9. The van der Waals surface area contributed by atoms with Crippen LogP contribution in [-0.2, 0) is 0 Å². The van der Waals surface area contributed by atoms with Crippen LogP contribution >= 0.6 is 43.5 Å². The minimum atomic E-state index is -0.369. The lowest BCUT2D eigenvalue weighted by Crippen LogP contribution is -1.86. The number of hydrogen-bond acceptors (Lipinski definition) is 1. The molecule has 0 spiro atoms. The van der Waals surface area contributed by atoms with Gasteiger partial charge in [0, 0.05) is 20.5 Å². The van der Waals surface area contributed by atoms with Crippen LogP contribution in [0.15, 0.2) is 27.3 Å². The highest BCUT2D eigenvalue weighted by molar-refractivity contribution is 9.11. The van der Waals surface area contributed by atoms with Crippen LogP contribution in [0.25, 0.3) is 10.9 Å². The molecule has 0 atom stereocenters. The van der Waals surface area contributed by atoms with Gasteiger partial charge in [-0.05, 0) is 28.1 Å². The molecule has 2 aromatic rings. The average Bonchev–Trinajstić information content (AvgIpc) is 2.12. The van der Waals surface area contributed by atoms with Crippen molar-refractivity contribution >= 4 is 54.4 Å². The van der Waals surface area contributed by atoms with Crippen molar-refractivity contribution in [3.05, 3.63) is 38.1 Å². The predicted molar refractivity (Wildman–Crippen MR) is 62.1 cm³/mol. The lowest BCUT2D eigenvalue weighted by Gasteiger charge is -2.03. The van der Waals surface area contributed by atoms with Crippen LogP contribution in [0.5, 0.6) is 0 Å². The highest BCUT2D eigenvalue weighted by Gasteiger charge is 2.09. The summed E-state index contributed by atoms with van der Waals surface area (Å²) in [4.78, 5) is 3.92. The van der Waals surface area contributed by atoms with Gasteiger partial charge in [-0.15, -0.1) is 0 Å². The molecule has 0 aliphatic heterocycles. The van der Waals surface area contributed by atoms with Gasteiger partial charge < -0.3 is 0 Å². The fraction of sp³-hybridized carbons (Fsp3) is 0. The zero-order valence-electron chi connectivity index (χ0n) is 6.69. The van der Waals surface area contributed by atoms with Gasteiger partial charge in [0.15, 0.2) is 5.82 Å². The Hall–Kier alpha value is -0.190. The summed E-state index contributed by atoms with van der Waals surface area (Å²) >= 11 is 12.3. The fourth-order valence-corrected chi connectivity index (χ4v) is 2.16. The molecular formula is C9H3Br2ClFN. The number of hydrogen-bond donors (Lipinski definition) is 0. The molecule has 1 aromatic heterocycles. The number of rotatable bonds is 0. The third-order valence-electron chi connectivity index (χ3n) is 1.78. The molecule has 0 saturated carbocycles. The number of aromatic nitrogens is 1. The maximum atomic E-state index is 13.4. The molecule has 0 radical (unpaired) electrons. The predicted octanol–water partition coefficient (Wildman–Crippen LogP) is 4.55. The molecule has 0 aliphatic carbocycles. The molecule has 0 amide bonds. The average molecular weight is 339 g/mol. The molecule has 72 valence electrons. The lowest BCUT2D eigenvalue weighted by atomic mass is 10.2. The van der Waals surface area contributed by atoms with Crippen molar-refractivity contribution in [2.45, 2.75) is 0 Å². The molecule has 0 aliphatic rings. The number of fused-ring (bicyclic) bond motifs is 1. The minimum absolute atomic E-state index is 0.310. The maximum Gasteiger partial charge on any atom is 0.150 e. The summed E-state index contributed by atoms with van der Waals surface area (Å²) in [6.45, 7) is 0. The second-order valence-corrected chi connectivity index (χ2v) is 4.82. The van der Waals surface area contributed by atoms with Crippen LogP contribution < -0.4 is 0 Å². The molecule has 14 heavy (non-hydrogen) atoms. The van der Waals surface area contributed by atoms with Gasteiger partial charge in [0.2, 0.25) is 0 Å². The van der Waals surface area contributed by atoms with E-state index < -0.39 is 0 Å². The Morgan fingerprint density at radius 3 is 2.71 bits per heavy atom. The summed E-state index contributed by atoms with van der Waals surface area (Å²) in [6.07, 6.45) is 1.42. The molecule has 1 nitrogen and oxygen atoms in total. The fourth-order valence-electron chi connectivity index (χ4n) is 1.17. The first-order valence-electron chi connectivity index (χ1n) is 3.68. The standard InChI is InChI=1S/C9H3Br2ClFN/c10-4-1-5-8(11)6(12)3-14-9(5)7(13)2-4/h1-3H. The molecule has 1 aromatic carbocycles. The van der Waals surface area contributed by atoms with E-state index in [4.69, 9.17) is 11.6 Å². The van der Waals surface area contributed by atoms with Gasteiger partial charge in [-0.2, -0.15) is 0 Å². The Kier molecular flexibility index (Phi) is 2.77. The van der Waals surface area contributed by atoms with Crippen molar-refractivity contribution in [3.63, 3.8) is 0 Å². The molecule has 0 bridgehead atoms. The minimum Gasteiger partial charge on any atom is -0.252 e. The van der Waals surface area contributed by atoms with Crippen molar-refractivity contribution in [1.82, 2.24) is 4.98 Å². The molecule has 5 heteroatoms. The Bertz CT molecular complexity index is 516. The van der Waals surface area contributed by atoms with Crippen molar-refractivity contribution in [2.75, 3.05) is 0 Å². The van der Waals surface area contributed by atoms with Gasteiger partial charge in [-0.25, -0.2) is 4.39 Å². The highest BCUT2D eigenvalue weighted by atomic mass is 79.9. The van der Waals surface area contributed by atoms with Gasteiger partial charge in [0.05, 0.1) is 5.02 Å². The molecule has 1 heterocycles. The molecule has 0 N–H and O–H groups in total. The van der Waals surface area contributed by atoms with Crippen molar-refractivity contribution in [3.8, 4) is 0 Å². The van der Waals surface area contributed by atoms with E-state index in [9.17, 15) is 4.39 Å². The number of halogens is 4. The van der Waals surface area contributed by atoms with E-state index in [1.807, 2.05) is 0 Å². The van der Waals surface area contributed by atoms with Gasteiger partial charge >= 0.3 is 0 Å². The Morgan fingerprint density at radius 1 is 1.29 bits per heavy atom. The summed E-state index contributed by atoms with van der Waals surface area (Å²) in [5, 5.41) is 1.12. The second-order valence-electron chi connectivity index (χ2n) is 2.70. The highest BCUT2D eigenvalue weighted by Crippen LogP contribution is 2.32. The zero-order valence-corrected chi connectivity index (χ0v) is 10.6. The summed E-state index contributed by atoms with van der Waals surface area (Å²) < 4.78 is 14.7. The van der Waals surface area contributed by atoms with Crippen LogP contribution in [0.1, 0.15) is 0 Å². The Labute approximate surface area is 102 Å². The molecule has 0 unspecified atom stereocenters. The lowest BCUT2D eigenvalue weighted by molar-refractivity contribution is 0.636. The molecule has 0 saturated heterocycles. The van der Waals surface area contributed by atoms with Crippen LogP contribution in [0.4, 0.5) is 4.39 Å². The Balaban J connectivity index is 2.95.